The zero-order chi connectivity index (χ0) is 23.9. The van der Waals surface area contributed by atoms with Gasteiger partial charge in [-0.15, -0.1) is 0 Å². The molecule has 0 fully saturated rings. The minimum Gasteiger partial charge on any atom is -0.354 e. The van der Waals surface area contributed by atoms with Gasteiger partial charge in [-0.2, -0.15) is 0 Å². The molecule has 0 unspecified atom stereocenters. The number of hydrogen-bond donors (Lipinski definition) is 1. The van der Waals surface area contributed by atoms with Crippen LogP contribution in [0.1, 0.15) is 25.8 Å². The van der Waals surface area contributed by atoms with Gasteiger partial charge in [0.15, 0.2) is 0 Å². The van der Waals surface area contributed by atoms with Crippen molar-refractivity contribution in [2.75, 3.05) is 23.7 Å². The van der Waals surface area contributed by atoms with Crippen molar-refractivity contribution < 1.29 is 26.8 Å². The molecule has 32 heavy (non-hydrogen) atoms. The van der Waals surface area contributed by atoms with Crippen LogP contribution in [0.3, 0.4) is 0 Å². The van der Waals surface area contributed by atoms with Crippen LogP contribution in [0.5, 0.6) is 0 Å². The predicted octanol–water partition coefficient (Wildman–Crippen LogP) is 2.67. The van der Waals surface area contributed by atoms with Crippen LogP contribution in [0.2, 0.25) is 0 Å². The fourth-order valence-corrected chi connectivity index (χ4v) is 3.86. The Morgan fingerprint density at radius 1 is 1.06 bits per heavy atom. The lowest BCUT2D eigenvalue weighted by Gasteiger charge is -2.31. The summed E-state index contributed by atoms with van der Waals surface area (Å²) < 4.78 is 53.0. The summed E-state index contributed by atoms with van der Waals surface area (Å²) in [5, 5.41) is 2.70. The van der Waals surface area contributed by atoms with Crippen LogP contribution in [0.4, 0.5) is 14.5 Å². The van der Waals surface area contributed by atoms with E-state index in [1.807, 2.05) is 6.92 Å². The summed E-state index contributed by atoms with van der Waals surface area (Å²) in [6, 6.07) is 9.65. The lowest BCUT2D eigenvalue weighted by molar-refractivity contribution is -0.139. The molecule has 2 aromatic rings. The predicted molar refractivity (Wildman–Crippen MR) is 118 cm³/mol. The van der Waals surface area contributed by atoms with E-state index in [1.54, 1.807) is 0 Å². The van der Waals surface area contributed by atoms with Gasteiger partial charge in [0.2, 0.25) is 21.8 Å². The SMILES string of the molecule is CCCNC(=O)[C@H](C)N(Cc1ccc(F)cc1)C(=O)CN(c1ccccc1F)S(C)(=O)=O. The molecule has 0 heterocycles. The van der Waals surface area contributed by atoms with Crippen molar-refractivity contribution in [1.82, 2.24) is 10.2 Å². The Balaban J connectivity index is 2.37. The highest BCUT2D eigenvalue weighted by molar-refractivity contribution is 7.92. The number of nitrogens with one attached hydrogen (secondary N) is 1. The topological polar surface area (TPSA) is 86.8 Å². The van der Waals surface area contributed by atoms with E-state index in [1.165, 1.54) is 54.3 Å². The Hall–Kier alpha value is -3.01. The monoisotopic (exact) mass is 467 g/mol. The minimum atomic E-state index is -4.01. The highest BCUT2D eigenvalue weighted by atomic mass is 32.2. The van der Waals surface area contributed by atoms with Crippen molar-refractivity contribution in [1.29, 1.82) is 0 Å². The molecular weight excluding hydrogens is 440 g/mol. The second kappa shape index (κ2) is 11.0. The first-order valence-corrected chi connectivity index (χ1v) is 11.9. The molecule has 0 bridgehead atoms. The van der Waals surface area contributed by atoms with Crippen LogP contribution in [-0.4, -0.2) is 50.5 Å². The molecule has 7 nitrogen and oxygen atoms in total. The smallest absolute Gasteiger partial charge is 0.244 e. The maximum Gasteiger partial charge on any atom is 0.244 e. The summed E-state index contributed by atoms with van der Waals surface area (Å²) in [5.41, 5.74) is 0.278. The van der Waals surface area contributed by atoms with Crippen molar-refractivity contribution in [2.24, 2.45) is 0 Å². The largest absolute Gasteiger partial charge is 0.354 e. The molecule has 10 heteroatoms. The number of benzene rings is 2. The average molecular weight is 468 g/mol. The van der Waals surface area contributed by atoms with Gasteiger partial charge in [0.05, 0.1) is 11.9 Å². The standard InChI is InChI=1S/C22H27F2N3O4S/c1-4-13-25-22(29)16(2)26(14-17-9-11-18(23)12-10-17)21(28)15-27(32(3,30)31)20-8-6-5-7-19(20)24/h5-12,16H,4,13-15H2,1-3H3,(H,25,29)/t16-/m0/s1. The van der Waals surface area contributed by atoms with Crippen molar-refractivity contribution in [2.45, 2.75) is 32.9 Å². The van der Waals surface area contributed by atoms with Gasteiger partial charge in [0, 0.05) is 13.1 Å². The fourth-order valence-electron chi connectivity index (χ4n) is 3.01. The molecule has 1 N–H and O–H groups in total. The molecule has 2 aromatic carbocycles. The maximum absolute atomic E-state index is 14.3. The summed E-state index contributed by atoms with van der Waals surface area (Å²) in [4.78, 5) is 27.0. The molecule has 2 rings (SSSR count). The number of para-hydroxylation sites is 1. The van der Waals surface area contributed by atoms with Crippen molar-refractivity contribution in [3.05, 3.63) is 65.7 Å². The number of hydrogen-bond acceptors (Lipinski definition) is 4. The first kappa shape index (κ1) is 25.3. The zero-order valence-corrected chi connectivity index (χ0v) is 19.0. The normalized spacial score (nSPS) is 12.2. The van der Waals surface area contributed by atoms with Crippen LogP contribution < -0.4 is 9.62 Å². The number of carbonyl (C=O) groups is 2. The second-order valence-electron chi connectivity index (χ2n) is 7.34. The lowest BCUT2D eigenvalue weighted by Crippen LogP contribution is -2.51. The van der Waals surface area contributed by atoms with Crippen molar-refractivity contribution in [3.8, 4) is 0 Å². The van der Waals surface area contributed by atoms with Gasteiger partial charge in [-0.1, -0.05) is 31.2 Å². The molecule has 0 saturated carbocycles. The fraction of sp³-hybridized carbons (Fsp3) is 0.364. The number of sulfonamides is 1. The van der Waals surface area contributed by atoms with Crippen LogP contribution in [0.25, 0.3) is 0 Å². The summed E-state index contributed by atoms with van der Waals surface area (Å²) in [5.74, 6) is -2.38. The highest BCUT2D eigenvalue weighted by Crippen LogP contribution is 2.22. The van der Waals surface area contributed by atoms with Crippen molar-refractivity contribution >= 4 is 27.5 Å². The Kier molecular flexibility index (Phi) is 8.71. The third-order valence-corrected chi connectivity index (χ3v) is 5.91. The summed E-state index contributed by atoms with van der Waals surface area (Å²) in [6.45, 7) is 3.04. The summed E-state index contributed by atoms with van der Waals surface area (Å²) >= 11 is 0. The molecule has 0 aliphatic rings. The van der Waals surface area contributed by atoms with Crippen molar-refractivity contribution in [3.63, 3.8) is 0 Å². The van der Waals surface area contributed by atoms with Gasteiger partial charge in [-0.05, 0) is 43.2 Å². The molecule has 174 valence electrons. The van der Waals surface area contributed by atoms with E-state index in [9.17, 15) is 26.8 Å². The summed E-state index contributed by atoms with van der Waals surface area (Å²) in [6.07, 6.45) is 1.56. The van der Waals surface area contributed by atoms with E-state index >= 15 is 0 Å². The van der Waals surface area contributed by atoms with Crippen LogP contribution in [0, 0.1) is 11.6 Å². The van der Waals surface area contributed by atoms with E-state index in [2.05, 4.69) is 5.32 Å². The highest BCUT2D eigenvalue weighted by Gasteiger charge is 2.30. The molecule has 0 spiro atoms. The molecule has 0 aliphatic heterocycles. The minimum absolute atomic E-state index is 0.0608. The first-order valence-electron chi connectivity index (χ1n) is 10.1. The van der Waals surface area contributed by atoms with E-state index in [4.69, 9.17) is 0 Å². The molecule has 0 saturated heterocycles. The Morgan fingerprint density at radius 3 is 2.25 bits per heavy atom. The van der Waals surface area contributed by atoms with E-state index in [0.717, 1.165) is 12.3 Å². The number of halogens is 2. The quantitative estimate of drug-likeness (QED) is 0.582. The van der Waals surface area contributed by atoms with Gasteiger partial charge in [-0.3, -0.25) is 13.9 Å². The number of rotatable bonds is 10. The molecule has 0 aromatic heterocycles. The molecular formula is C22H27F2N3O4S. The number of amides is 2. The summed E-state index contributed by atoms with van der Waals surface area (Å²) in [7, 11) is -4.01. The third kappa shape index (κ3) is 6.74. The first-order chi connectivity index (χ1) is 15.0. The van der Waals surface area contributed by atoms with Crippen LogP contribution in [-0.2, 0) is 26.2 Å². The van der Waals surface area contributed by atoms with Gasteiger partial charge in [0.1, 0.15) is 24.2 Å². The van der Waals surface area contributed by atoms with E-state index in [-0.39, 0.29) is 12.2 Å². The Morgan fingerprint density at radius 2 is 1.69 bits per heavy atom. The van der Waals surface area contributed by atoms with Gasteiger partial charge >= 0.3 is 0 Å². The molecule has 0 radical (unpaired) electrons. The average Bonchev–Trinajstić information content (AvgIpc) is 2.74. The Labute approximate surface area is 187 Å². The Bertz CT molecular complexity index is 1050. The third-order valence-electron chi connectivity index (χ3n) is 4.78. The molecule has 2 amide bonds. The van der Waals surface area contributed by atoms with E-state index in [0.29, 0.717) is 22.8 Å². The van der Waals surface area contributed by atoms with Gasteiger partial charge in [-0.25, -0.2) is 17.2 Å². The maximum atomic E-state index is 14.3. The van der Waals surface area contributed by atoms with E-state index < -0.39 is 46.1 Å². The lowest BCUT2D eigenvalue weighted by atomic mass is 10.1. The number of anilines is 1. The van der Waals surface area contributed by atoms with Gasteiger partial charge in [0.25, 0.3) is 0 Å². The molecule has 1 atom stereocenters. The van der Waals surface area contributed by atoms with Crippen LogP contribution >= 0.6 is 0 Å². The zero-order valence-electron chi connectivity index (χ0n) is 18.2. The van der Waals surface area contributed by atoms with Gasteiger partial charge < -0.3 is 10.2 Å². The molecule has 0 aliphatic carbocycles. The number of nitrogens with zero attached hydrogens (tertiary/aromatic N) is 2. The number of carbonyl (C=O) groups excluding carboxylic acids is 2. The van der Waals surface area contributed by atoms with Crippen LogP contribution in [0.15, 0.2) is 48.5 Å². The second-order valence-corrected chi connectivity index (χ2v) is 9.24.